The number of hydrogen-bond donors (Lipinski definition) is 2. The normalized spacial score (nSPS) is 10.0. The Balaban J connectivity index is 2.27. The molecule has 0 aliphatic rings. The summed E-state index contributed by atoms with van der Waals surface area (Å²) in [6.45, 7) is 1.65. The van der Waals surface area contributed by atoms with Crippen molar-refractivity contribution in [1.82, 2.24) is 5.32 Å². The molecule has 0 unspecified atom stereocenters. The van der Waals surface area contributed by atoms with Crippen LogP contribution < -0.4 is 5.32 Å². The number of nitrogens with one attached hydrogen (secondary N) is 1. The third-order valence-corrected chi connectivity index (χ3v) is 3.59. The number of hydrogen-bond acceptors (Lipinski definition) is 3. The number of rotatable bonds is 6. The highest BCUT2D eigenvalue weighted by Gasteiger charge is 2.00. The van der Waals surface area contributed by atoms with Gasteiger partial charge in [-0.3, -0.25) is 0 Å². The van der Waals surface area contributed by atoms with E-state index in [1.165, 1.54) is 0 Å². The molecule has 2 N–H and O–H groups in total. The van der Waals surface area contributed by atoms with E-state index in [1.54, 1.807) is 23.9 Å². The minimum Gasteiger partial charge on any atom is -0.508 e. The molecule has 16 heavy (non-hydrogen) atoms. The maximum absolute atomic E-state index is 9.34. The van der Waals surface area contributed by atoms with E-state index in [0.29, 0.717) is 5.75 Å². The predicted molar refractivity (Wildman–Crippen MR) is 73.7 cm³/mol. The quantitative estimate of drug-likeness (QED) is 0.626. The van der Waals surface area contributed by atoms with Gasteiger partial charge in [0, 0.05) is 23.3 Å². The van der Waals surface area contributed by atoms with E-state index in [0.717, 1.165) is 34.6 Å². The van der Waals surface area contributed by atoms with Crippen molar-refractivity contribution >= 4 is 27.7 Å². The molecule has 0 saturated carbocycles. The number of terminal acetylenes is 1. The van der Waals surface area contributed by atoms with Crippen molar-refractivity contribution in [2.24, 2.45) is 0 Å². The Morgan fingerprint density at radius 2 is 2.31 bits per heavy atom. The smallest absolute Gasteiger partial charge is 0.115 e. The SMILES string of the molecule is C#CCSCCNCc1cc(O)ccc1Br. The molecule has 0 saturated heterocycles. The highest BCUT2D eigenvalue weighted by Crippen LogP contribution is 2.21. The molecule has 0 fully saturated rings. The molecule has 0 radical (unpaired) electrons. The van der Waals surface area contributed by atoms with E-state index in [4.69, 9.17) is 6.42 Å². The van der Waals surface area contributed by atoms with Crippen LogP contribution in [-0.2, 0) is 6.54 Å². The van der Waals surface area contributed by atoms with Crippen LogP contribution in [0.3, 0.4) is 0 Å². The van der Waals surface area contributed by atoms with Gasteiger partial charge in [-0.05, 0) is 23.8 Å². The van der Waals surface area contributed by atoms with Crippen molar-refractivity contribution in [2.45, 2.75) is 6.54 Å². The third kappa shape index (κ3) is 4.93. The van der Waals surface area contributed by atoms with Crippen molar-refractivity contribution < 1.29 is 5.11 Å². The van der Waals surface area contributed by atoms with Gasteiger partial charge in [-0.15, -0.1) is 18.2 Å². The van der Waals surface area contributed by atoms with Crippen molar-refractivity contribution in [3.63, 3.8) is 0 Å². The topological polar surface area (TPSA) is 32.3 Å². The van der Waals surface area contributed by atoms with Gasteiger partial charge in [0.1, 0.15) is 5.75 Å². The molecule has 0 spiro atoms. The fourth-order valence-corrected chi connectivity index (χ4v) is 2.13. The Labute approximate surface area is 109 Å². The maximum atomic E-state index is 9.34. The summed E-state index contributed by atoms with van der Waals surface area (Å²) in [4.78, 5) is 0. The first-order valence-electron chi connectivity index (χ1n) is 4.93. The number of aromatic hydroxyl groups is 1. The molecule has 0 atom stereocenters. The molecule has 1 rings (SSSR count). The van der Waals surface area contributed by atoms with E-state index in [9.17, 15) is 5.11 Å². The average molecular weight is 300 g/mol. The zero-order chi connectivity index (χ0) is 11.8. The highest BCUT2D eigenvalue weighted by atomic mass is 79.9. The summed E-state index contributed by atoms with van der Waals surface area (Å²) in [6, 6.07) is 5.27. The summed E-state index contributed by atoms with van der Waals surface area (Å²) >= 11 is 5.18. The van der Waals surface area contributed by atoms with Crippen LogP contribution in [0.2, 0.25) is 0 Å². The van der Waals surface area contributed by atoms with Gasteiger partial charge >= 0.3 is 0 Å². The van der Waals surface area contributed by atoms with Gasteiger partial charge in [0.25, 0.3) is 0 Å². The maximum Gasteiger partial charge on any atom is 0.115 e. The summed E-state index contributed by atoms with van der Waals surface area (Å²) in [5, 5.41) is 12.6. The zero-order valence-electron chi connectivity index (χ0n) is 8.87. The van der Waals surface area contributed by atoms with Crippen LogP contribution in [0.1, 0.15) is 5.56 Å². The van der Waals surface area contributed by atoms with Crippen molar-refractivity contribution in [2.75, 3.05) is 18.1 Å². The molecule has 0 aliphatic carbocycles. The molecule has 0 heterocycles. The van der Waals surface area contributed by atoms with Crippen LogP contribution in [0.5, 0.6) is 5.75 Å². The van der Waals surface area contributed by atoms with E-state index in [2.05, 4.69) is 27.2 Å². The fourth-order valence-electron chi connectivity index (χ4n) is 1.20. The molecule has 4 heteroatoms. The van der Waals surface area contributed by atoms with Gasteiger partial charge in [0.2, 0.25) is 0 Å². The van der Waals surface area contributed by atoms with Gasteiger partial charge in [0.05, 0.1) is 5.75 Å². The Kier molecular flexibility index (Phi) is 6.39. The third-order valence-electron chi connectivity index (χ3n) is 1.95. The van der Waals surface area contributed by atoms with E-state index in [-0.39, 0.29) is 0 Å². The van der Waals surface area contributed by atoms with Gasteiger partial charge < -0.3 is 10.4 Å². The molecule has 86 valence electrons. The highest BCUT2D eigenvalue weighted by molar-refractivity contribution is 9.10. The minimum absolute atomic E-state index is 0.293. The summed E-state index contributed by atoms with van der Waals surface area (Å²) in [5.41, 5.74) is 1.06. The lowest BCUT2D eigenvalue weighted by Gasteiger charge is -2.06. The summed E-state index contributed by atoms with van der Waals surface area (Å²) in [5.74, 6) is 4.64. The van der Waals surface area contributed by atoms with Crippen molar-refractivity contribution in [3.05, 3.63) is 28.2 Å². The Bertz CT molecular complexity index is 376. The van der Waals surface area contributed by atoms with Crippen LogP contribution >= 0.6 is 27.7 Å². The van der Waals surface area contributed by atoms with Crippen LogP contribution in [-0.4, -0.2) is 23.2 Å². The number of phenolic OH excluding ortho intramolecular Hbond substituents is 1. The zero-order valence-corrected chi connectivity index (χ0v) is 11.3. The standard InChI is InChI=1S/C12H14BrNOS/c1-2-6-16-7-5-14-9-10-8-11(15)3-4-12(10)13/h1,3-4,8,14-15H,5-7,9H2. The Morgan fingerprint density at radius 1 is 1.50 bits per heavy atom. The molecular formula is C12H14BrNOS. The fraction of sp³-hybridized carbons (Fsp3) is 0.333. The van der Waals surface area contributed by atoms with Crippen LogP contribution in [0.4, 0.5) is 0 Å². The van der Waals surface area contributed by atoms with Crippen LogP contribution in [0.15, 0.2) is 22.7 Å². The first kappa shape index (κ1) is 13.4. The molecule has 0 bridgehead atoms. The van der Waals surface area contributed by atoms with Crippen LogP contribution in [0, 0.1) is 12.3 Å². The second-order valence-corrected chi connectivity index (χ2v) is 5.17. The number of phenols is 1. The monoisotopic (exact) mass is 299 g/mol. The van der Waals surface area contributed by atoms with Gasteiger partial charge in [-0.25, -0.2) is 0 Å². The molecule has 1 aromatic carbocycles. The number of halogens is 1. The van der Waals surface area contributed by atoms with E-state index < -0.39 is 0 Å². The van der Waals surface area contributed by atoms with Gasteiger partial charge in [0.15, 0.2) is 0 Å². The molecule has 0 amide bonds. The predicted octanol–water partition coefficient (Wildman–Crippen LogP) is 2.61. The van der Waals surface area contributed by atoms with Crippen molar-refractivity contribution in [1.29, 1.82) is 0 Å². The minimum atomic E-state index is 0.293. The Hall–Kier alpha value is -0.630. The molecule has 0 aromatic heterocycles. The van der Waals surface area contributed by atoms with Crippen molar-refractivity contribution in [3.8, 4) is 18.1 Å². The summed E-state index contributed by atoms with van der Waals surface area (Å²) < 4.78 is 1.01. The summed E-state index contributed by atoms with van der Waals surface area (Å²) in [6.07, 6.45) is 5.15. The molecule has 2 nitrogen and oxygen atoms in total. The molecule has 1 aromatic rings. The van der Waals surface area contributed by atoms with E-state index >= 15 is 0 Å². The van der Waals surface area contributed by atoms with Crippen LogP contribution in [0.25, 0.3) is 0 Å². The second kappa shape index (κ2) is 7.61. The largest absolute Gasteiger partial charge is 0.508 e. The second-order valence-electron chi connectivity index (χ2n) is 3.21. The molecule has 0 aliphatic heterocycles. The number of benzene rings is 1. The number of thioether (sulfide) groups is 1. The van der Waals surface area contributed by atoms with Gasteiger partial charge in [-0.2, -0.15) is 0 Å². The van der Waals surface area contributed by atoms with Gasteiger partial charge in [-0.1, -0.05) is 21.9 Å². The summed E-state index contributed by atoms with van der Waals surface area (Å²) in [7, 11) is 0. The average Bonchev–Trinajstić information content (AvgIpc) is 2.28. The Morgan fingerprint density at radius 3 is 3.06 bits per heavy atom. The lowest BCUT2D eigenvalue weighted by molar-refractivity contribution is 0.474. The lowest BCUT2D eigenvalue weighted by atomic mass is 10.2. The first-order valence-corrected chi connectivity index (χ1v) is 6.88. The first-order chi connectivity index (χ1) is 7.74. The molecular weight excluding hydrogens is 286 g/mol. The van der Waals surface area contributed by atoms with E-state index in [1.807, 2.05) is 6.07 Å². The lowest BCUT2D eigenvalue weighted by Crippen LogP contribution is -2.16.